The van der Waals surface area contributed by atoms with Gasteiger partial charge in [-0.3, -0.25) is 9.89 Å². The number of nitrogens with one attached hydrogen (secondary N) is 2. The molecule has 2 rings (SSSR count). The predicted octanol–water partition coefficient (Wildman–Crippen LogP) is -0.392. The molecule has 88 valence electrons. The van der Waals surface area contributed by atoms with Gasteiger partial charge in [-0.2, -0.15) is 5.10 Å². The molecule has 2 heterocycles. The Morgan fingerprint density at radius 1 is 1.65 bits per heavy atom. The third kappa shape index (κ3) is 2.20. The molecule has 0 unspecified atom stereocenters. The molecule has 0 saturated heterocycles. The van der Waals surface area contributed by atoms with Gasteiger partial charge in [0, 0.05) is 5.38 Å². The first-order valence-electron chi connectivity index (χ1n) is 4.32. The number of anilines is 1. The van der Waals surface area contributed by atoms with E-state index >= 15 is 0 Å². The lowest BCUT2D eigenvalue weighted by Gasteiger charge is -2.02. The summed E-state index contributed by atoms with van der Waals surface area (Å²) in [5.74, 6) is -0.404. The number of aromatic nitrogens is 4. The molecule has 0 atom stereocenters. The number of amides is 1. The van der Waals surface area contributed by atoms with Crippen LogP contribution in [0.5, 0.6) is 0 Å². The van der Waals surface area contributed by atoms with Gasteiger partial charge in [-0.25, -0.2) is 0 Å². The zero-order chi connectivity index (χ0) is 12.3. The van der Waals surface area contributed by atoms with Gasteiger partial charge in [0.2, 0.25) is 0 Å². The zero-order valence-electron chi connectivity index (χ0n) is 8.28. The molecule has 17 heavy (non-hydrogen) atoms. The molecule has 0 bridgehead atoms. The number of nitrogens with two attached hydrogens (primary N) is 1. The molecule has 9 nitrogen and oxygen atoms in total. The fourth-order valence-corrected chi connectivity index (χ4v) is 1.51. The highest BCUT2D eigenvalue weighted by atomic mass is 32.1. The van der Waals surface area contributed by atoms with Gasteiger partial charge in [0.05, 0.1) is 11.8 Å². The number of hydrogen-bond acceptors (Lipinski definition) is 7. The molecule has 0 aliphatic heterocycles. The van der Waals surface area contributed by atoms with Crippen molar-refractivity contribution in [3.8, 4) is 0 Å². The summed E-state index contributed by atoms with van der Waals surface area (Å²) in [5.41, 5.74) is 5.85. The fourth-order valence-electron chi connectivity index (χ4n) is 1.07. The van der Waals surface area contributed by atoms with Gasteiger partial charge in [-0.1, -0.05) is 9.64 Å². The van der Waals surface area contributed by atoms with E-state index in [0.29, 0.717) is 0 Å². The van der Waals surface area contributed by atoms with Crippen molar-refractivity contribution >= 4 is 29.1 Å². The first-order valence-corrected chi connectivity index (χ1v) is 5.15. The molecular weight excluding hydrogens is 246 g/mol. The highest BCUT2D eigenvalue weighted by molar-refractivity contribution is 7.03. The average molecular weight is 253 g/mol. The summed E-state index contributed by atoms with van der Waals surface area (Å²) >= 11 is 1.06. The number of carbonyl (C=O) groups is 1. The molecule has 0 fully saturated rings. The van der Waals surface area contributed by atoms with Crippen LogP contribution in [0.4, 0.5) is 5.82 Å². The van der Waals surface area contributed by atoms with Gasteiger partial charge in [-0.15, -0.1) is 5.10 Å². The normalized spacial score (nSPS) is 11.4. The SMILES string of the molecule is NC(=NO)c1cn[nH]c1NC(=O)c1csnn1. The van der Waals surface area contributed by atoms with Crippen molar-refractivity contribution in [1.29, 1.82) is 0 Å². The lowest BCUT2D eigenvalue weighted by molar-refractivity contribution is 0.102. The van der Waals surface area contributed by atoms with E-state index in [1.165, 1.54) is 11.6 Å². The molecule has 0 spiro atoms. The maximum Gasteiger partial charge on any atom is 0.278 e. The minimum atomic E-state index is -0.463. The number of H-pyrrole nitrogens is 1. The smallest absolute Gasteiger partial charge is 0.278 e. The van der Waals surface area contributed by atoms with Gasteiger partial charge in [-0.05, 0) is 11.5 Å². The third-order valence-corrected chi connectivity index (χ3v) is 2.36. The molecule has 0 aromatic carbocycles. The summed E-state index contributed by atoms with van der Waals surface area (Å²) < 4.78 is 3.56. The monoisotopic (exact) mass is 253 g/mol. The molecule has 0 aliphatic carbocycles. The molecule has 2 aromatic rings. The molecule has 10 heteroatoms. The predicted molar refractivity (Wildman–Crippen MR) is 59.0 cm³/mol. The zero-order valence-corrected chi connectivity index (χ0v) is 9.10. The Morgan fingerprint density at radius 3 is 3.12 bits per heavy atom. The van der Waals surface area contributed by atoms with Crippen LogP contribution in [0.25, 0.3) is 0 Å². The van der Waals surface area contributed by atoms with Crippen LogP contribution in [0.15, 0.2) is 16.7 Å². The van der Waals surface area contributed by atoms with Crippen molar-refractivity contribution in [1.82, 2.24) is 19.8 Å². The van der Waals surface area contributed by atoms with E-state index in [1.54, 1.807) is 0 Å². The number of rotatable bonds is 3. The summed E-state index contributed by atoms with van der Waals surface area (Å²) in [6, 6.07) is 0. The van der Waals surface area contributed by atoms with Crippen LogP contribution >= 0.6 is 11.5 Å². The number of hydrogen-bond donors (Lipinski definition) is 4. The molecule has 0 radical (unpaired) electrons. The number of nitrogens with zero attached hydrogens (tertiary/aromatic N) is 4. The minimum Gasteiger partial charge on any atom is -0.409 e. The maximum absolute atomic E-state index is 11.6. The lowest BCUT2D eigenvalue weighted by Crippen LogP contribution is -2.18. The topological polar surface area (TPSA) is 142 Å². The van der Waals surface area contributed by atoms with E-state index in [1.807, 2.05) is 0 Å². The Morgan fingerprint density at radius 2 is 2.47 bits per heavy atom. The molecule has 0 aliphatic rings. The third-order valence-electron chi connectivity index (χ3n) is 1.85. The number of carbonyl (C=O) groups excluding carboxylic acids is 1. The maximum atomic E-state index is 11.6. The highest BCUT2D eigenvalue weighted by Crippen LogP contribution is 2.11. The Bertz CT molecular complexity index is 546. The van der Waals surface area contributed by atoms with E-state index in [0.717, 1.165) is 11.5 Å². The molecule has 5 N–H and O–H groups in total. The number of aromatic amines is 1. The van der Waals surface area contributed by atoms with Crippen LogP contribution in [0.2, 0.25) is 0 Å². The van der Waals surface area contributed by atoms with Gasteiger partial charge in [0.15, 0.2) is 11.5 Å². The van der Waals surface area contributed by atoms with Gasteiger partial charge >= 0.3 is 0 Å². The number of oxime groups is 1. The van der Waals surface area contributed by atoms with Crippen molar-refractivity contribution in [2.45, 2.75) is 0 Å². The second kappa shape index (κ2) is 4.57. The van der Waals surface area contributed by atoms with Crippen molar-refractivity contribution in [2.24, 2.45) is 10.9 Å². The Hall–Kier alpha value is -2.49. The van der Waals surface area contributed by atoms with E-state index in [2.05, 4.69) is 30.3 Å². The van der Waals surface area contributed by atoms with Crippen LogP contribution < -0.4 is 11.1 Å². The Kier molecular flexibility index (Phi) is 2.96. The molecule has 0 saturated carbocycles. The second-order valence-corrected chi connectivity index (χ2v) is 3.50. The second-order valence-electron chi connectivity index (χ2n) is 2.89. The van der Waals surface area contributed by atoms with Gasteiger partial charge < -0.3 is 16.3 Å². The van der Waals surface area contributed by atoms with Gasteiger partial charge in [0.25, 0.3) is 5.91 Å². The summed E-state index contributed by atoms with van der Waals surface area (Å²) in [5, 5.41) is 25.1. The molecular formula is C7H7N7O2S. The molecule has 2 aromatic heterocycles. The Balaban J connectivity index is 2.20. The van der Waals surface area contributed by atoms with Crippen LogP contribution in [0.3, 0.4) is 0 Å². The largest absolute Gasteiger partial charge is 0.409 e. The summed E-state index contributed by atoms with van der Waals surface area (Å²) in [6.07, 6.45) is 1.32. The van der Waals surface area contributed by atoms with Crippen LogP contribution in [-0.2, 0) is 0 Å². The van der Waals surface area contributed by atoms with Gasteiger partial charge in [0.1, 0.15) is 5.82 Å². The summed E-state index contributed by atoms with van der Waals surface area (Å²) in [7, 11) is 0. The van der Waals surface area contributed by atoms with Crippen molar-refractivity contribution in [3.63, 3.8) is 0 Å². The lowest BCUT2D eigenvalue weighted by atomic mass is 10.3. The van der Waals surface area contributed by atoms with E-state index < -0.39 is 5.91 Å². The average Bonchev–Trinajstić information content (AvgIpc) is 2.98. The first-order chi connectivity index (χ1) is 8.22. The van der Waals surface area contributed by atoms with Crippen LogP contribution in [0.1, 0.15) is 16.1 Å². The quantitative estimate of drug-likeness (QED) is 0.254. The van der Waals surface area contributed by atoms with Crippen molar-refractivity contribution in [3.05, 3.63) is 22.8 Å². The standard InChI is InChI=1S/C7H7N7O2S/c8-5(13-16)3-1-9-12-6(3)10-7(15)4-2-17-14-11-4/h1-2,16H,(H2,8,13)(H2,9,10,12,15). The first kappa shape index (κ1) is 11.0. The molecule has 1 amide bonds. The summed E-state index contributed by atoms with van der Waals surface area (Å²) in [4.78, 5) is 11.6. The van der Waals surface area contributed by atoms with E-state index in [-0.39, 0.29) is 22.9 Å². The number of amidine groups is 1. The van der Waals surface area contributed by atoms with Crippen LogP contribution in [-0.4, -0.2) is 36.7 Å². The van der Waals surface area contributed by atoms with E-state index in [9.17, 15) is 4.79 Å². The van der Waals surface area contributed by atoms with Crippen molar-refractivity contribution < 1.29 is 10.0 Å². The fraction of sp³-hybridized carbons (Fsp3) is 0. The van der Waals surface area contributed by atoms with Crippen LogP contribution in [0, 0.1) is 0 Å². The summed E-state index contributed by atoms with van der Waals surface area (Å²) in [6.45, 7) is 0. The Labute approximate surface area is 98.5 Å². The minimum absolute atomic E-state index is 0.162. The van der Waals surface area contributed by atoms with E-state index in [4.69, 9.17) is 10.9 Å². The highest BCUT2D eigenvalue weighted by Gasteiger charge is 2.15. The van der Waals surface area contributed by atoms with Crippen molar-refractivity contribution in [2.75, 3.05) is 5.32 Å².